The zero-order valence-electron chi connectivity index (χ0n) is 25.4. The van der Waals surface area contributed by atoms with Crippen LogP contribution in [0.15, 0.2) is 72.2 Å². The fourth-order valence-electron chi connectivity index (χ4n) is 5.61. The van der Waals surface area contributed by atoms with Gasteiger partial charge in [-0.1, -0.05) is 31.2 Å². The second-order valence-corrected chi connectivity index (χ2v) is 12.5. The van der Waals surface area contributed by atoms with Gasteiger partial charge in [0.15, 0.2) is 17.2 Å². The summed E-state index contributed by atoms with van der Waals surface area (Å²) in [6.45, 7) is 5.52. The van der Waals surface area contributed by atoms with Crippen LogP contribution in [0, 0.1) is 5.92 Å². The maximum Gasteiger partial charge on any atom is 0.258 e. The number of aliphatic hydroxyl groups excluding tert-OH is 1. The van der Waals surface area contributed by atoms with Crippen LogP contribution < -0.4 is 19.5 Å². The van der Waals surface area contributed by atoms with Gasteiger partial charge in [-0.25, -0.2) is 4.98 Å². The summed E-state index contributed by atoms with van der Waals surface area (Å²) in [5.41, 5.74) is 3.21. The number of nitrogens with zero attached hydrogens (tertiary/aromatic N) is 3. The normalized spacial score (nSPS) is 18.2. The molecule has 0 unspecified atom stereocenters. The monoisotopic (exact) mass is 628 g/mol. The standard InChI is InChI=1S/C34H36N4O6S/c1-21-16-38(22(2)19-39)34(41)26-5-4-6-27(36-32(40)24-8-10-25(11-9-24)33-35-13-14-45-33)31(26)44-30(21)18-37(3)17-23-7-12-28-29(15-23)43-20-42-28/h4-15,21-22,30,39H,16-20H2,1-3H3,(H,36,40)/t21-,22-,30+/m0/s1. The summed E-state index contributed by atoms with van der Waals surface area (Å²) in [4.78, 5) is 35.5. The molecule has 0 bridgehead atoms. The first-order valence-electron chi connectivity index (χ1n) is 14.9. The van der Waals surface area contributed by atoms with Crippen molar-refractivity contribution in [2.75, 3.05) is 38.9 Å². The Morgan fingerprint density at radius 3 is 2.71 bits per heavy atom. The van der Waals surface area contributed by atoms with E-state index in [1.165, 1.54) is 11.3 Å². The minimum absolute atomic E-state index is 0.0857. The molecule has 0 saturated carbocycles. The number of thiazole rings is 1. The lowest BCUT2D eigenvalue weighted by molar-refractivity contribution is 0.0343. The van der Waals surface area contributed by atoms with Gasteiger partial charge in [0.25, 0.3) is 11.8 Å². The number of rotatable bonds is 9. The van der Waals surface area contributed by atoms with Gasteiger partial charge in [-0.15, -0.1) is 11.3 Å². The summed E-state index contributed by atoms with van der Waals surface area (Å²) in [6.07, 6.45) is 1.41. The van der Waals surface area contributed by atoms with Crippen LogP contribution in [-0.4, -0.2) is 77.4 Å². The Hall–Kier alpha value is -4.45. The van der Waals surface area contributed by atoms with Crippen LogP contribution in [0.1, 0.15) is 40.1 Å². The molecule has 6 rings (SSSR count). The van der Waals surface area contributed by atoms with Gasteiger partial charge in [0, 0.05) is 48.3 Å². The first kappa shape index (κ1) is 30.6. The number of likely N-dealkylation sites (N-methyl/N-ethyl adjacent to an activating group) is 1. The van der Waals surface area contributed by atoms with Crippen LogP contribution in [-0.2, 0) is 6.54 Å². The summed E-state index contributed by atoms with van der Waals surface area (Å²) in [5, 5.41) is 15.8. The Labute approximate surface area is 266 Å². The molecule has 2 aliphatic heterocycles. The number of aliphatic hydroxyl groups is 1. The number of para-hydroxylation sites is 1. The van der Waals surface area contributed by atoms with Crippen molar-refractivity contribution < 1.29 is 28.9 Å². The molecule has 0 spiro atoms. The van der Waals surface area contributed by atoms with Crippen molar-refractivity contribution >= 4 is 28.8 Å². The zero-order chi connectivity index (χ0) is 31.5. The lowest BCUT2D eigenvalue weighted by Crippen LogP contribution is -2.49. The molecule has 4 aromatic rings. The van der Waals surface area contributed by atoms with E-state index in [2.05, 4.69) is 15.2 Å². The molecule has 3 heterocycles. The number of amides is 2. The molecule has 2 aliphatic rings. The van der Waals surface area contributed by atoms with E-state index in [1.807, 2.05) is 56.6 Å². The summed E-state index contributed by atoms with van der Waals surface area (Å²) < 4.78 is 17.7. The lowest BCUT2D eigenvalue weighted by Gasteiger charge is -2.38. The Balaban J connectivity index is 1.26. The third-order valence-corrected chi connectivity index (χ3v) is 8.97. The Morgan fingerprint density at radius 2 is 1.96 bits per heavy atom. The van der Waals surface area contributed by atoms with Gasteiger partial charge in [-0.3, -0.25) is 14.5 Å². The fraction of sp³-hybridized carbons (Fsp3) is 0.324. The quantitative estimate of drug-likeness (QED) is 0.262. The van der Waals surface area contributed by atoms with Gasteiger partial charge in [-0.05, 0) is 55.9 Å². The molecule has 45 heavy (non-hydrogen) atoms. The smallest absolute Gasteiger partial charge is 0.258 e. The third-order valence-electron chi connectivity index (χ3n) is 8.15. The first-order chi connectivity index (χ1) is 21.8. The molecule has 10 nitrogen and oxygen atoms in total. The molecule has 0 fully saturated rings. The molecule has 11 heteroatoms. The van der Waals surface area contributed by atoms with Crippen LogP contribution in [0.3, 0.4) is 0 Å². The van der Waals surface area contributed by atoms with E-state index in [0.29, 0.717) is 42.2 Å². The SMILES string of the molecule is C[C@H]1CN([C@@H](C)CO)C(=O)c2cccc(NC(=O)c3ccc(-c4nccs4)cc3)c2O[C@@H]1CN(C)Cc1ccc2c(c1)OCO2. The summed E-state index contributed by atoms with van der Waals surface area (Å²) in [6, 6.07) is 17.9. The molecule has 3 atom stereocenters. The number of fused-ring (bicyclic) bond motifs is 2. The molecule has 1 aromatic heterocycles. The first-order valence-corrected chi connectivity index (χ1v) is 15.8. The van der Waals surface area contributed by atoms with E-state index in [4.69, 9.17) is 14.2 Å². The van der Waals surface area contributed by atoms with E-state index >= 15 is 0 Å². The van der Waals surface area contributed by atoms with Gasteiger partial charge < -0.3 is 29.5 Å². The van der Waals surface area contributed by atoms with Crippen molar-refractivity contribution in [2.24, 2.45) is 5.92 Å². The second kappa shape index (κ2) is 13.3. The van der Waals surface area contributed by atoms with E-state index in [-0.39, 0.29) is 37.2 Å². The Kier molecular flexibility index (Phi) is 9.02. The predicted molar refractivity (Wildman–Crippen MR) is 172 cm³/mol. The highest BCUT2D eigenvalue weighted by atomic mass is 32.1. The highest BCUT2D eigenvalue weighted by molar-refractivity contribution is 7.13. The Morgan fingerprint density at radius 1 is 1.16 bits per heavy atom. The number of carbonyl (C=O) groups is 2. The van der Waals surface area contributed by atoms with Crippen LogP contribution in [0.2, 0.25) is 0 Å². The van der Waals surface area contributed by atoms with E-state index < -0.39 is 6.04 Å². The van der Waals surface area contributed by atoms with Crippen molar-refractivity contribution in [3.8, 4) is 27.8 Å². The van der Waals surface area contributed by atoms with Crippen molar-refractivity contribution in [3.05, 3.63) is 88.9 Å². The number of aromatic nitrogens is 1. The van der Waals surface area contributed by atoms with Gasteiger partial charge in [0.2, 0.25) is 6.79 Å². The molecule has 234 valence electrons. The highest BCUT2D eigenvalue weighted by Crippen LogP contribution is 2.36. The molecule has 3 aromatic carbocycles. The molecule has 0 radical (unpaired) electrons. The van der Waals surface area contributed by atoms with Gasteiger partial charge in [0.1, 0.15) is 11.1 Å². The van der Waals surface area contributed by atoms with Crippen molar-refractivity contribution in [1.29, 1.82) is 0 Å². The number of ether oxygens (including phenoxy) is 3. The molecule has 2 amide bonds. The molecule has 0 aliphatic carbocycles. The van der Waals surface area contributed by atoms with Crippen molar-refractivity contribution in [1.82, 2.24) is 14.8 Å². The van der Waals surface area contributed by atoms with Crippen LogP contribution >= 0.6 is 11.3 Å². The van der Waals surface area contributed by atoms with Gasteiger partial charge >= 0.3 is 0 Å². The maximum absolute atomic E-state index is 13.8. The topological polar surface area (TPSA) is 113 Å². The molecular formula is C34H36N4O6S. The minimum Gasteiger partial charge on any atom is -0.486 e. The summed E-state index contributed by atoms with van der Waals surface area (Å²) in [5.74, 6) is 1.13. The van der Waals surface area contributed by atoms with Crippen molar-refractivity contribution in [3.63, 3.8) is 0 Å². The average molecular weight is 629 g/mol. The van der Waals surface area contributed by atoms with Crippen LogP contribution in [0.4, 0.5) is 5.69 Å². The number of hydrogen-bond acceptors (Lipinski definition) is 9. The van der Waals surface area contributed by atoms with Gasteiger partial charge in [-0.2, -0.15) is 0 Å². The number of benzene rings is 3. The van der Waals surface area contributed by atoms with Gasteiger partial charge in [0.05, 0.1) is 23.9 Å². The lowest BCUT2D eigenvalue weighted by atomic mass is 9.98. The second-order valence-electron chi connectivity index (χ2n) is 11.6. The number of hydrogen-bond donors (Lipinski definition) is 2. The molecule has 0 saturated heterocycles. The minimum atomic E-state index is -0.396. The zero-order valence-corrected chi connectivity index (χ0v) is 26.3. The predicted octanol–water partition coefficient (Wildman–Crippen LogP) is 5.14. The third kappa shape index (κ3) is 6.65. The van der Waals surface area contributed by atoms with E-state index in [9.17, 15) is 14.7 Å². The number of anilines is 1. The van der Waals surface area contributed by atoms with E-state index in [0.717, 1.165) is 27.6 Å². The van der Waals surface area contributed by atoms with Crippen LogP contribution in [0.5, 0.6) is 17.2 Å². The van der Waals surface area contributed by atoms with Crippen molar-refractivity contribution in [2.45, 2.75) is 32.5 Å². The summed E-state index contributed by atoms with van der Waals surface area (Å²) in [7, 11) is 2.02. The largest absolute Gasteiger partial charge is 0.486 e. The molecule has 2 N–H and O–H groups in total. The Bertz CT molecular complexity index is 1660. The summed E-state index contributed by atoms with van der Waals surface area (Å²) >= 11 is 1.53. The highest BCUT2D eigenvalue weighted by Gasteiger charge is 2.34. The average Bonchev–Trinajstić information content (AvgIpc) is 3.75. The van der Waals surface area contributed by atoms with Crippen LogP contribution in [0.25, 0.3) is 10.6 Å². The molecular weight excluding hydrogens is 592 g/mol. The maximum atomic E-state index is 13.8. The fourth-order valence-corrected chi connectivity index (χ4v) is 6.25. The number of nitrogens with one attached hydrogen (secondary N) is 1. The number of carbonyl (C=O) groups excluding carboxylic acids is 2. The van der Waals surface area contributed by atoms with E-state index in [1.54, 1.807) is 41.4 Å².